The van der Waals surface area contributed by atoms with Gasteiger partial charge in [0, 0.05) is 0 Å². The molecule has 0 atom stereocenters. The van der Waals surface area contributed by atoms with Crippen molar-refractivity contribution in [2.24, 2.45) is 11.5 Å². The smallest absolute Gasteiger partial charge is 0.317 e. The predicted octanol–water partition coefficient (Wildman–Crippen LogP) is -1.32. The summed E-state index contributed by atoms with van der Waals surface area (Å²) in [7, 11) is 0. The van der Waals surface area contributed by atoms with E-state index in [9.17, 15) is 9.59 Å². The van der Waals surface area contributed by atoms with Gasteiger partial charge in [-0.1, -0.05) is 0 Å². The summed E-state index contributed by atoms with van der Waals surface area (Å²) in [5.41, 5.74) is 9.14. The number of hydrogen-bond acceptors (Lipinski definition) is 4. The molecule has 0 fully saturated rings. The summed E-state index contributed by atoms with van der Waals surface area (Å²) >= 11 is 0. The maximum absolute atomic E-state index is 9.24. The van der Waals surface area contributed by atoms with Gasteiger partial charge in [0.25, 0.3) is 0 Å². The van der Waals surface area contributed by atoms with E-state index in [1.165, 1.54) is 0 Å². The van der Waals surface area contributed by atoms with Crippen LogP contribution in [0.5, 0.6) is 0 Å². The van der Waals surface area contributed by atoms with Crippen LogP contribution >= 0.6 is 24.0 Å². The van der Waals surface area contributed by atoms with Gasteiger partial charge in [-0.25, -0.2) is 0 Å². The van der Waals surface area contributed by atoms with Crippen LogP contribution in [0.2, 0.25) is 0 Å². The third-order valence-corrected chi connectivity index (χ3v) is 0.349. The average Bonchev–Trinajstić information content (AvgIpc) is 1.89. The average molecular weight is 278 g/mol. The molecule has 0 amide bonds. The van der Waals surface area contributed by atoms with Crippen molar-refractivity contribution >= 4 is 35.9 Å². The van der Waals surface area contributed by atoms with E-state index in [0.29, 0.717) is 0 Å². The number of carbonyl (C=O) groups is 2. The van der Waals surface area contributed by atoms with Crippen LogP contribution in [0.25, 0.3) is 0 Å². The van der Waals surface area contributed by atoms with Gasteiger partial charge < -0.3 is 21.7 Å². The molecule has 0 aromatic rings. The summed E-state index contributed by atoms with van der Waals surface area (Å²) < 4.78 is 0. The van der Waals surface area contributed by atoms with Gasteiger partial charge in [0.1, 0.15) is 0 Å². The molecular weight excluding hydrogens is 267 g/mol. The van der Waals surface area contributed by atoms with Crippen molar-refractivity contribution in [2.75, 3.05) is 13.1 Å². The summed E-state index contributed by atoms with van der Waals surface area (Å²) in [6.45, 7) is -0.556. The van der Waals surface area contributed by atoms with E-state index in [4.69, 9.17) is 10.2 Å². The van der Waals surface area contributed by atoms with Gasteiger partial charge in [-0.15, -0.1) is 24.0 Å². The second-order valence-electron chi connectivity index (χ2n) is 1.20. The van der Waals surface area contributed by atoms with Crippen LogP contribution in [0.15, 0.2) is 0 Å². The van der Waals surface area contributed by atoms with E-state index in [-0.39, 0.29) is 37.1 Å². The number of carboxylic acids is 2. The fraction of sp³-hybridized carbons (Fsp3) is 0.500. The molecule has 6 nitrogen and oxygen atoms in total. The first-order chi connectivity index (χ1) is 4.54. The maximum atomic E-state index is 9.24. The minimum Gasteiger partial charge on any atom is -0.480 e. The van der Waals surface area contributed by atoms with E-state index in [1.54, 1.807) is 0 Å². The fourth-order valence-corrected chi connectivity index (χ4v) is 0. The highest BCUT2D eigenvalue weighted by molar-refractivity contribution is 14.0. The van der Waals surface area contributed by atoms with Crippen LogP contribution in [0.3, 0.4) is 0 Å². The Morgan fingerprint density at radius 3 is 1.09 bits per heavy atom. The quantitative estimate of drug-likeness (QED) is 0.464. The molecule has 0 spiro atoms. The number of aliphatic carboxylic acids is 2. The second kappa shape index (κ2) is 12.3. The van der Waals surface area contributed by atoms with Crippen LogP contribution in [0.1, 0.15) is 0 Å². The number of hydrogen-bond donors (Lipinski definition) is 4. The second-order valence-corrected chi connectivity index (χ2v) is 1.20. The highest BCUT2D eigenvalue weighted by Crippen LogP contribution is 1.44. The molecule has 0 bridgehead atoms. The van der Waals surface area contributed by atoms with E-state index >= 15 is 0 Å². The Balaban J connectivity index is -0.000000107. The molecule has 0 unspecified atom stereocenters. The molecule has 0 aromatic carbocycles. The lowest BCUT2D eigenvalue weighted by atomic mass is 10.7. The lowest BCUT2D eigenvalue weighted by Gasteiger charge is -1.73. The summed E-state index contributed by atoms with van der Waals surface area (Å²) in [4.78, 5) is 18.5. The van der Waals surface area contributed by atoms with Crippen molar-refractivity contribution in [3.05, 3.63) is 0 Å². The first-order valence-corrected chi connectivity index (χ1v) is 2.38. The molecule has 11 heavy (non-hydrogen) atoms. The largest absolute Gasteiger partial charge is 0.480 e. The SMILES string of the molecule is I.NCC(=O)O.NCC(=O)O. The zero-order chi connectivity index (χ0) is 8.57. The van der Waals surface area contributed by atoms with Gasteiger partial charge in [-0.3, -0.25) is 9.59 Å². The normalized spacial score (nSPS) is 6.73. The van der Waals surface area contributed by atoms with E-state index in [1.807, 2.05) is 0 Å². The third-order valence-electron chi connectivity index (χ3n) is 0.349. The minimum atomic E-state index is -0.968. The molecule has 0 saturated heterocycles. The van der Waals surface area contributed by atoms with Crippen molar-refractivity contribution in [1.29, 1.82) is 0 Å². The highest BCUT2D eigenvalue weighted by Gasteiger charge is 1.81. The Kier molecular flexibility index (Phi) is 18.9. The molecule has 0 heterocycles. The van der Waals surface area contributed by atoms with Crippen molar-refractivity contribution in [3.63, 3.8) is 0 Å². The van der Waals surface area contributed by atoms with Crippen LogP contribution in [-0.4, -0.2) is 35.2 Å². The molecule has 0 saturated carbocycles. The van der Waals surface area contributed by atoms with Crippen LogP contribution in [-0.2, 0) is 9.59 Å². The van der Waals surface area contributed by atoms with Crippen molar-refractivity contribution < 1.29 is 19.8 Å². The maximum Gasteiger partial charge on any atom is 0.317 e. The first kappa shape index (κ1) is 16.9. The molecule has 0 aliphatic carbocycles. The molecule has 68 valence electrons. The Morgan fingerprint density at radius 1 is 1.00 bits per heavy atom. The molecule has 0 radical (unpaired) electrons. The number of nitrogens with two attached hydrogens (primary N) is 2. The van der Waals surface area contributed by atoms with Crippen LogP contribution < -0.4 is 11.5 Å². The summed E-state index contributed by atoms with van der Waals surface area (Å²) in [6, 6.07) is 0. The number of rotatable bonds is 2. The molecular formula is C4H11IN2O4. The zero-order valence-corrected chi connectivity index (χ0v) is 8.02. The van der Waals surface area contributed by atoms with Crippen molar-refractivity contribution in [2.45, 2.75) is 0 Å². The molecule has 7 heteroatoms. The lowest BCUT2D eigenvalue weighted by molar-refractivity contribution is -0.136. The standard InChI is InChI=1S/2C2H5NO2.HI/c2*3-1-2(4)5;/h2*1,3H2,(H,4,5);1H. The molecule has 0 aliphatic heterocycles. The highest BCUT2D eigenvalue weighted by atomic mass is 127. The summed E-state index contributed by atoms with van der Waals surface area (Å²) in [5.74, 6) is -1.94. The minimum absolute atomic E-state index is 0. The summed E-state index contributed by atoms with van der Waals surface area (Å²) in [6.07, 6.45) is 0. The van der Waals surface area contributed by atoms with Gasteiger partial charge >= 0.3 is 11.9 Å². The van der Waals surface area contributed by atoms with E-state index in [2.05, 4.69) is 11.5 Å². The van der Waals surface area contributed by atoms with Gasteiger partial charge in [-0.2, -0.15) is 0 Å². The zero-order valence-electron chi connectivity index (χ0n) is 5.69. The third kappa shape index (κ3) is 42.9. The van der Waals surface area contributed by atoms with Crippen molar-refractivity contribution in [3.8, 4) is 0 Å². The molecule has 0 rings (SSSR count). The van der Waals surface area contributed by atoms with Gasteiger partial charge in [0.05, 0.1) is 13.1 Å². The Hall–Kier alpha value is -0.410. The van der Waals surface area contributed by atoms with Gasteiger partial charge in [0.2, 0.25) is 0 Å². The van der Waals surface area contributed by atoms with E-state index < -0.39 is 11.9 Å². The van der Waals surface area contributed by atoms with Gasteiger partial charge in [-0.05, 0) is 0 Å². The predicted molar refractivity (Wildman–Crippen MR) is 48.8 cm³/mol. The van der Waals surface area contributed by atoms with Crippen molar-refractivity contribution in [1.82, 2.24) is 0 Å². The Labute approximate surface area is 80.6 Å². The van der Waals surface area contributed by atoms with Crippen LogP contribution in [0, 0.1) is 0 Å². The van der Waals surface area contributed by atoms with Gasteiger partial charge in [0.15, 0.2) is 0 Å². The molecule has 0 aliphatic rings. The van der Waals surface area contributed by atoms with Crippen LogP contribution in [0.4, 0.5) is 0 Å². The summed E-state index contributed by atoms with van der Waals surface area (Å²) in [5, 5.41) is 15.2. The van der Waals surface area contributed by atoms with E-state index in [0.717, 1.165) is 0 Å². The molecule has 0 aromatic heterocycles. The lowest BCUT2D eigenvalue weighted by Crippen LogP contribution is -2.10. The topological polar surface area (TPSA) is 127 Å². The Morgan fingerprint density at radius 2 is 1.09 bits per heavy atom. The number of carboxylic acid groups (broad SMARTS) is 2. The number of halogens is 1. The first-order valence-electron chi connectivity index (χ1n) is 2.38. The fourth-order valence-electron chi connectivity index (χ4n) is 0. The monoisotopic (exact) mass is 278 g/mol. The molecule has 6 N–H and O–H groups in total. The Bertz CT molecular complexity index is 105.